The maximum Gasteiger partial charge on any atom is 0.251 e. The lowest BCUT2D eigenvalue weighted by atomic mass is 9.89. The lowest BCUT2D eigenvalue weighted by Crippen LogP contribution is -2.30. The van der Waals surface area contributed by atoms with Crippen LogP contribution in [0.25, 0.3) is 0 Å². The SMILES string of the molecule is O=C(CCCc1cccs1)Nc1cccc(C(=O)NCC2CCCCC2)c1. The standard InChI is InChI=1S/C22H28N2O2S/c25-21(13-5-11-20-12-6-14-27-20)24-19-10-4-9-18(15-19)22(26)23-16-17-7-2-1-3-8-17/h4,6,9-10,12,14-15,17H,1-3,5,7-8,11,13,16H2,(H,23,26)(H,24,25). The summed E-state index contributed by atoms with van der Waals surface area (Å²) in [6, 6.07) is 11.3. The molecule has 144 valence electrons. The second-order valence-corrected chi connectivity index (χ2v) is 8.31. The summed E-state index contributed by atoms with van der Waals surface area (Å²) in [4.78, 5) is 25.9. The molecule has 1 aromatic heterocycles. The van der Waals surface area contributed by atoms with Crippen LogP contribution >= 0.6 is 11.3 Å². The highest BCUT2D eigenvalue weighted by atomic mass is 32.1. The Bertz CT molecular complexity index is 737. The summed E-state index contributed by atoms with van der Waals surface area (Å²) in [5.74, 6) is 0.537. The highest BCUT2D eigenvalue weighted by Gasteiger charge is 2.15. The molecule has 2 aromatic rings. The van der Waals surface area contributed by atoms with Gasteiger partial charge in [0.15, 0.2) is 0 Å². The van der Waals surface area contributed by atoms with E-state index in [1.54, 1.807) is 23.5 Å². The predicted octanol–water partition coefficient (Wildman–Crippen LogP) is 5.02. The fourth-order valence-corrected chi connectivity index (χ4v) is 4.32. The summed E-state index contributed by atoms with van der Waals surface area (Å²) in [6.45, 7) is 0.748. The van der Waals surface area contributed by atoms with Crippen LogP contribution in [0.15, 0.2) is 41.8 Å². The zero-order valence-electron chi connectivity index (χ0n) is 15.7. The summed E-state index contributed by atoms with van der Waals surface area (Å²) >= 11 is 1.72. The van der Waals surface area contributed by atoms with E-state index in [4.69, 9.17) is 0 Å². The molecule has 4 nitrogen and oxygen atoms in total. The van der Waals surface area contributed by atoms with Crippen molar-refractivity contribution in [1.29, 1.82) is 0 Å². The molecule has 0 radical (unpaired) electrons. The molecule has 0 saturated heterocycles. The number of benzene rings is 1. The lowest BCUT2D eigenvalue weighted by molar-refractivity contribution is -0.116. The van der Waals surface area contributed by atoms with Gasteiger partial charge in [-0.25, -0.2) is 0 Å². The zero-order valence-corrected chi connectivity index (χ0v) is 16.5. The van der Waals surface area contributed by atoms with Crippen molar-refractivity contribution in [2.75, 3.05) is 11.9 Å². The van der Waals surface area contributed by atoms with Crippen LogP contribution in [0.3, 0.4) is 0 Å². The Balaban J connectivity index is 1.44. The molecule has 5 heteroatoms. The molecule has 0 atom stereocenters. The third-order valence-electron chi connectivity index (χ3n) is 5.09. The van der Waals surface area contributed by atoms with Crippen molar-refractivity contribution in [2.45, 2.75) is 51.4 Å². The maximum atomic E-state index is 12.4. The van der Waals surface area contributed by atoms with Crippen LogP contribution in [0, 0.1) is 5.92 Å². The fourth-order valence-electron chi connectivity index (χ4n) is 3.57. The summed E-state index contributed by atoms with van der Waals surface area (Å²) < 4.78 is 0. The molecule has 0 spiro atoms. The van der Waals surface area contributed by atoms with Gasteiger partial charge in [-0.1, -0.05) is 31.4 Å². The molecule has 2 amide bonds. The number of rotatable bonds is 8. The Morgan fingerprint density at radius 3 is 2.70 bits per heavy atom. The van der Waals surface area contributed by atoms with Crippen molar-refractivity contribution in [3.8, 4) is 0 Å². The minimum Gasteiger partial charge on any atom is -0.352 e. The number of anilines is 1. The Morgan fingerprint density at radius 2 is 1.93 bits per heavy atom. The molecule has 1 aliphatic carbocycles. The molecule has 0 bridgehead atoms. The van der Waals surface area contributed by atoms with E-state index in [1.807, 2.05) is 18.2 Å². The minimum absolute atomic E-state index is 0.00804. The van der Waals surface area contributed by atoms with E-state index in [0.717, 1.165) is 19.4 Å². The number of carbonyl (C=O) groups is 2. The molecule has 2 N–H and O–H groups in total. The molecular weight excluding hydrogens is 356 g/mol. The van der Waals surface area contributed by atoms with E-state index in [0.29, 0.717) is 23.6 Å². The van der Waals surface area contributed by atoms with E-state index in [2.05, 4.69) is 22.1 Å². The average Bonchev–Trinajstić information content (AvgIpc) is 3.20. The fraction of sp³-hybridized carbons (Fsp3) is 0.455. The minimum atomic E-state index is -0.0608. The van der Waals surface area contributed by atoms with Gasteiger partial charge in [0.1, 0.15) is 0 Å². The van der Waals surface area contributed by atoms with Crippen LogP contribution in [-0.4, -0.2) is 18.4 Å². The second kappa shape index (κ2) is 10.3. The summed E-state index contributed by atoms with van der Waals surface area (Å²) in [5.41, 5.74) is 1.28. The number of carbonyl (C=O) groups excluding carboxylic acids is 2. The average molecular weight is 385 g/mol. The van der Waals surface area contributed by atoms with E-state index in [-0.39, 0.29) is 11.8 Å². The van der Waals surface area contributed by atoms with Crippen molar-refractivity contribution in [2.24, 2.45) is 5.92 Å². The van der Waals surface area contributed by atoms with Crippen molar-refractivity contribution in [3.63, 3.8) is 0 Å². The van der Waals surface area contributed by atoms with Crippen LogP contribution in [0.4, 0.5) is 5.69 Å². The normalized spacial score (nSPS) is 14.7. The van der Waals surface area contributed by atoms with Gasteiger partial charge in [-0.2, -0.15) is 0 Å². The Kier molecular flexibility index (Phi) is 7.45. The quantitative estimate of drug-likeness (QED) is 0.671. The van der Waals surface area contributed by atoms with Crippen LogP contribution in [0.1, 0.15) is 60.2 Å². The number of hydrogen-bond acceptors (Lipinski definition) is 3. The molecule has 1 aromatic carbocycles. The van der Waals surface area contributed by atoms with Crippen LogP contribution in [0.2, 0.25) is 0 Å². The van der Waals surface area contributed by atoms with E-state index >= 15 is 0 Å². The van der Waals surface area contributed by atoms with Crippen LogP contribution in [0.5, 0.6) is 0 Å². The van der Waals surface area contributed by atoms with Gasteiger partial charge in [-0.05, 0) is 61.2 Å². The highest BCUT2D eigenvalue weighted by molar-refractivity contribution is 7.09. The van der Waals surface area contributed by atoms with Gasteiger partial charge in [0.25, 0.3) is 5.91 Å². The molecule has 1 aliphatic rings. The maximum absolute atomic E-state index is 12.4. The molecule has 27 heavy (non-hydrogen) atoms. The smallest absolute Gasteiger partial charge is 0.251 e. The van der Waals surface area contributed by atoms with Gasteiger partial charge in [-0.15, -0.1) is 11.3 Å². The first kappa shape index (κ1) is 19.6. The summed E-state index contributed by atoms with van der Waals surface area (Å²) in [7, 11) is 0. The zero-order chi connectivity index (χ0) is 18.9. The lowest BCUT2D eigenvalue weighted by Gasteiger charge is -2.21. The molecular formula is C22H28N2O2S. The second-order valence-electron chi connectivity index (χ2n) is 7.28. The molecule has 0 unspecified atom stereocenters. The molecule has 1 saturated carbocycles. The number of thiophene rings is 1. The molecule has 1 fully saturated rings. The molecule has 0 aliphatic heterocycles. The monoisotopic (exact) mass is 384 g/mol. The van der Waals surface area contributed by atoms with Crippen LogP contribution in [-0.2, 0) is 11.2 Å². The van der Waals surface area contributed by atoms with Gasteiger partial charge >= 0.3 is 0 Å². The predicted molar refractivity (Wildman–Crippen MR) is 111 cm³/mol. The third-order valence-corrected chi connectivity index (χ3v) is 6.03. The largest absolute Gasteiger partial charge is 0.352 e. The number of aryl methyl sites for hydroxylation is 1. The first-order valence-electron chi connectivity index (χ1n) is 9.91. The van der Waals surface area contributed by atoms with Crippen molar-refractivity contribution in [3.05, 3.63) is 52.2 Å². The van der Waals surface area contributed by atoms with E-state index in [9.17, 15) is 9.59 Å². The third kappa shape index (κ3) is 6.51. The van der Waals surface area contributed by atoms with Crippen molar-refractivity contribution < 1.29 is 9.59 Å². The molecule has 3 rings (SSSR count). The summed E-state index contributed by atoms with van der Waals surface area (Å²) in [5, 5.41) is 8.01. The van der Waals surface area contributed by atoms with Gasteiger partial charge in [0, 0.05) is 29.1 Å². The van der Waals surface area contributed by atoms with Crippen molar-refractivity contribution >= 4 is 28.8 Å². The Labute approximate surface area is 165 Å². The highest BCUT2D eigenvalue weighted by Crippen LogP contribution is 2.23. The number of hydrogen-bond donors (Lipinski definition) is 2. The number of amides is 2. The van der Waals surface area contributed by atoms with Gasteiger partial charge in [0.05, 0.1) is 0 Å². The first-order valence-corrected chi connectivity index (χ1v) is 10.8. The van der Waals surface area contributed by atoms with Gasteiger partial charge in [0.2, 0.25) is 5.91 Å². The van der Waals surface area contributed by atoms with E-state index in [1.165, 1.54) is 37.0 Å². The molecule has 1 heterocycles. The van der Waals surface area contributed by atoms with Crippen LogP contribution < -0.4 is 10.6 Å². The number of nitrogens with one attached hydrogen (secondary N) is 2. The van der Waals surface area contributed by atoms with Gasteiger partial charge < -0.3 is 10.6 Å². The van der Waals surface area contributed by atoms with Crippen molar-refractivity contribution in [1.82, 2.24) is 5.32 Å². The topological polar surface area (TPSA) is 58.2 Å². The first-order chi connectivity index (χ1) is 13.2. The van der Waals surface area contributed by atoms with E-state index < -0.39 is 0 Å². The van der Waals surface area contributed by atoms with Gasteiger partial charge in [-0.3, -0.25) is 9.59 Å². The summed E-state index contributed by atoms with van der Waals surface area (Å²) in [6.07, 6.45) is 8.52. The Hall–Kier alpha value is -2.14. The Morgan fingerprint density at radius 1 is 1.07 bits per heavy atom.